The van der Waals surface area contributed by atoms with Crippen molar-refractivity contribution in [1.29, 1.82) is 0 Å². The first-order chi connectivity index (χ1) is 22.3. The highest BCUT2D eigenvalue weighted by atomic mass is 16.3. The van der Waals surface area contributed by atoms with Gasteiger partial charge in [0.05, 0.1) is 0 Å². The van der Waals surface area contributed by atoms with Crippen LogP contribution in [0.3, 0.4) is 0 Å². The molecule has 0 saturated carbocycles. The van der Waals surface area contributed by atoms with E-state index in [0.29, 0.717) is 17.5 Å². The molecule has 0 saturated heterocycles. The van der Waals surface area contributed by atoms with Crippen LogP contribution in [-0.2, 0) is 0 Å². The Balaban J connectivity index is 1.29. The van der Waals surface area contributed by atoms with Crippen LogP contribution in [0.2, 0.25) is 0 Å². The Bertz CT molecular complexity index is 2480. The molecule has 45 heavy (non-hydrogen) atoms. The van der Waals surface area contributed by atoms with Crippen LogP contribution >= 0.6 is 0 Å². The van der Waals surface area contributed by atoms with Crippen molar-refractivity contribution in [2.45, 2.75) is 0 Å². The Morgan fingerprint density at radius 3 is 1.71 bits per heavy atom. The van der Waals surface area contributed by atoms with Crippen LogP contribution in [0, 0.1) is 0 Å². The molecule has 0 amide bonds. The van der Waals surface area contributed by atoms with Crippen molar-refractivity contribution >= 4 is 43.5 Å². The standard InChI is InChI=1S/C41H25N3O/c1-3-12-27(13-4-1)39-42-40(28-14-5-2-6-15-28)44-41(43-39)35-24-23-33(38-37(35)34-17-9-10-18-36(34)45-38)30-21-22-32-29(25-30)20-19-26-11-7-8-16-31(26)32/h1-25H. The smallest absolute Gasteiger partial charge is 0.164 e. The van der Waals surface area contributed by atoms with Crippen molar-refractivity contribution in [3.05, 3.63) is 152 Å². The Morgan fingerprint density at radius 1 is 0.378 bits per heavy atom. The predicted octanol–water partition coefficient (Wildman–Crippen LogP) is 10.7. The molecule has 0 fully saturated rings. The third-order valence-electron chi connectivity index (χ3n) is 8.52. The lowest BCUT2D eigenvalue weighted by atomic mass is 9.95. The third-order valence-corrected chi connectivity index (χ3v) is 8.52. The van der Waals surface area contributed by atoms with E-state index in [1.807, 2.05) is 78.9 Å². The fourth-order valence-electron chi connectivity index (χ4n) is 6.35. The first-order valence-corrected chi connectivity index (χ1v) is 15.0. The molecule has 2 aromatic heterocycles. The third kappa shape index (κ3) is 4.27. The number of furan rings is 1. The summed E-state index contributed by atoms with van der Waals surface area (Å²) in [5.74, 6) is 1.87. The van der Waals surface area contributed by atoms with Gasteiger partial charge in [0.2, 0.25) is 0 Å². The van der Waals surface area contributed by atoms with Crippen molar-refractivity contribution in [2.75, 3.05) is 0 Å². The van der Waals surface area contributed by atoms with Gasteiger partial charge in [0.25, 0.3) is 0 Å². The molecule has 9 aromatic rings. The van der Waals surface area contributed by atoms with Crippen molar-refractivity contribution in [3.63, 3.8) is 0 Å². The lowest BCUT2D eigenvalue weighted by molar-refractivity contribution is 0.670. The number of rotatable bonds is 4. The molecule has 210 valence electrons. The lowest BCUT2D eigenvalue weighted by Gasteiger charge is -2.11. The number of fused-ring (bicyclic) bond motifs is 6. The number of hydrogen-bond acceptors (Lipinski definition) is 4. The van der Waals surface area contributed by atoms with Crippen LogP contribution in [0.25, 0.3) is 88.8 Å². The molecule has 0 unspecified atom stereocenters. The molecule has 9 rings (SSSR count). The van der Waals surface area contributed by atoms with Crippen LogP contribution in [-0.4, -0.2) is 15.0 Å². The van der Waals surface area contributed by atoms with Crippen LogP contribution in [0.1, 0.15) is 0 Å². The van der Waals surface area contributed by atoms with Gasteiger partial charge in [-0.15, -0.1) is 0 Å². The minimum atomic E-state index is 0.607. The van der Waals surface area contributed by atoms with E-state index in [0.717, 1.165) is 49.8 Å². The lowest BCUT2D eigenvalue weighted by Crippen LogP contribution is -2.00. The molecule has 0 N–H and O–H groups in total. The molecule has 2 heterocycles. The average molecular weight is 576 g/mol. The van der Waals surface area contributed by atoms with Gasteiger partial charge in [-0.05, 0) is 51.4 Å². The van der Waals surface area contributed by atoms with Gasteiger partial charge in [0.15, 0.2) is 17.5 Å². The molecule has 0 spiro atoms. The zero-order valence-corrected chi connectivity index (χ0v) is 24.2. The predicted molar refractivity (Wildman–Crippen MR) is 184 cm³/mol. The summed E-state index contributed by atoms with van der Waals surface area (Å²) in [5.41, 5.74) is 6.55. The van der Waals surface area contributed by atoms with Crippen molar-refractivity contribution in [3.8, 4) is 45.3 Å². The van der Waals surface area contributed by atoms with Crippen LogP contribution in [0.5, 0.6) is 0 Å². The summed E-state index contributed by atoms with van der Waals surface area (Å²) in [4.78, 5) is 15.0. The van der Waals surface area contributed by atoms with E-state index in [4.69, 9.17) is 19.4 Å². The van der Waals surface area contributed by atoms with E-state index in [1.54, 1.807) is 0 Å². The fourth-order valence-corrected chi connectivity index (χ4v) is 6.35. The molecule has 0 radical (unpaired) electrons. The summed E-state index contributed by atoms with van der Waals surface area (Å²) in [7, 11) is 0. The minimum Gasteiger partial charge on any atom is -0.455 e. The van der Waals surface area contributed by atoms with E-state index in [9.17, 15) is 0 Å². The zero-order valence-electron chi connectivity index (χ0n) is 24.2. The molecule has 0 aliphatic heterocycles. The fraction of sp³-hybridized carbons (Fsp3) is 0. The van der Waals surface area contributed by atoms with E-state index in [2.05, 4.69) is 72.8 Å². The second-order valence-electron chi connectivity index (χ2n) is 11.2. The van der Waals surface area contributed by atoms with Gasteiger partial charge in [-0.1, -0.05) is 127 Å². The van der Waals surface area contributed by atoms with Gasteiger partial charge in [-0.3, -0.25) is 0 Å². The molecular weight excluding hydrogens is 550 g/mol. The normalized spacial score (nSPS) is 11.6. The van der Waals surface area contributed by atoms with E-state index < -0.39 is 0 Å². The minimum absolute atomic E-state index is 0.607. The van der Waals surface area contributed by atoms with Crippen LogP contribution in [0.4, 0.5) is 0 Å². The van der Waals surface area contributed by atoms with Gasteiger partial charge in [0, 0.05) is 33.0 Å². The summed E-state index contributed by atoms with van der Waals surface area (Å²) in [6.07, 6.45) is 0. The van der Waals surface area contributed by atoms with Gasteiger partial charge < -0.3 is 4.42 Å². The van der Waals surface area contributed by atoms with Crippen molar-refractivity contribution in [2.24, 2.45) is 0 Å². The van der Waals surface area contributed by atoms with Gasteiger partial charge in [-0.2, -0.15) is 0 Å². The average Bonchev–Trinajstić information content (AvgIpc) is 3.51. The van der Waals surface area contributed by atoms with E-state index >= 15 is 0 Å². The molecule has 0 aliphatic carbocycles. The van der Waals surface area contributed by atoms with E-state index in [-0.39, 0.29) is 0 Å². The largest absolute Gasteiger partial charge is 0.455 e. The Labute approximate surface area is 259 Å². The van der Waals surface area contributed by atoms with Crippen molar-refractivity contribution in [1.82, 2.24) is 15.0 Å². The number of aromatic nitrogens is 3. The summed E-state index contributed by atoms with van der Waals surface area (Å²) < 4.78 is 6.64. The highest BCUT2D eigenvalue weighted by molar-refractivity contribution is 6.16. The molecular formula is C41H25N3O. The molecule has 0 atom stereocenters. The second kappa shape index (κ2) is 10.2. The maximum absolute atomic E-state index is 6.64. The number of hydrogen-bond donors (Lipinski definition) is 0. The summed E-state index contributed by atoms with van der Waals surface area (Å²) >= 11 is 0. The van der Waals surface area contributed by atoms with Gasteiger partial charge >= 0.3 is 0 Å². The quantitative estimate of drug-likeness (QED) is 0.196. The summed E-state index contributed by atoms with van der Waals surface area (Å²) in [5, 5.41) is 6.94. The molecule has 7 aromatic carbocycles. The molecule has 0 bridgehead atoms. The SMILES string of the molecule is c1ccc(-c2nc(-c3ccccc3)nc(-c3ccc(-c4ccc5c(ccc6ccccc65)c4)c4oc5ccccc5c34)n2)cc1. The number of para-hydroxylation sites is 1. The Morgan fingerprint density at radius 2 is 0.956 bits per heavy atom. The number of nitrogens with zero attached hydrogens (tertiary/aromatic N) is 3. The number of benzene rings is 7. The highest BCUT2D eigenvalue weighted by Crippen LogP contribution is 2.42. The van der Waals surface area contributed by atoms with Crippen LogP contribution in [0.15, 0.2) is 156 Å². The molecule has 4 nitrogen and oxygen atoms in total. The first kappa shape index (κ1) is 25.4. The Hall–Kier alpha value is -6.13. The first-order valence-electron chi connectivity index (χ1n) is 15.0. The summed E-state index contributed by atoms with van der Waals surface area (Å²) in [6, 6.07) is 52.2. The monoisotopic (exact) mass is 575 g/mol. The zero-order chi connectivity index (χ0) is 29.7. The van der Waals surface area contributed by atoms with Crippen molar-refractivity contribution < 1.29 is 4.42 Å². The van der Waals surface area contributed by atoms with Crippen LogP contribution < -0.4 is 0 Å². The highest BCUT2D eigenvalue weighted by Gasteiger charge is 2.20. The topological polar surface area (TPSA) is 51.8 Å². The van der Waals surface area contributed by atoms with E-state index in [1.165, 1.54) is 21.5 Å². The maximum atomic E-state index is 6.64. The van der Waals surface area contributed by atoms with Gasteiger partial charge in [0.1, 0.15) is 11.2 Å². The second-order valence-corrected chi connectivity index (χ2v) is 11.2. The molecule has 4 heteroatoms. The Kier molecular flexibility index (Phi) is 5.78. The molecule has 0 aliphatic rings. The maximum Gasteiger partial charge on any atom is 0.164 e. The summed E-state index contributed by atoms with van der Waals surface area (Å²) in [6.45, 7) is 0. The van der Waals surface area contributed by atoms with Gasteiger partial charge in [-0.25, -0.2) is 15.0 Å².